The van der Waals surface area contributed by atoms with Crippen molar-refractivity contribution < 1.29 is 4.74 Å². The fourth-order valence-corrected chi connectivity index (χ4v) is 12.0. The summed E-state index contributed by atoms with van der Waals surface area (Å²) in [5.41, 5.74) is 0.671. The van der Waals surface area contributed by atoms with Gasteiger partial charge in [-0.1, -0.05) is 225 Å². The SMILES string of the molecule is CCCCCCCCCCCCCCCCCC[Si](C)(CCCCCCCCCCCCCCCC)C1CCCCO1. The van der Waals surface area contributed by atoms with E-state index >= 15 is 0 Å². The van der Waals surface area contributed by atoms with Crippen molar-refractivity contribution in [3.05, 3.63) is 0 Å². The summed E-state index contributed by atoms with van der Waals surface area (Å²) in [4.78, 5) is 0. The van der Waals surface area contributed by atoms with Gasteiger partial charge in [-0.05, 0) is 19.3 Å². The van der Waals surface area contributed by atoms with E-state index in [1.807, 2.05) is 0 Å². The third-order valence-corrected chi connectivity index (χ3v) is 15.7. The summed E-state index contributed by atoms with van der Waals surface area (Å²) >= 11 is 0. The first-order valence-corrected chi connectivity index (χ1v) is 23.3. The molecule has 1 heterocycles. The molecule has 0 aromatic carbocycles. The molecule has 0 N–H and O–H groups in total. The molecule has 42 heavy (non-hydrogen) atoms. The lowest BCUT2D eigenvalue weighted by Crippen LogP contribution is -2.47. The minimum atomic E-state index is -1.28. The summed E-state index contributed by atoms with van der Waals surface area (Å²) in [6.45, 7) is 8.41. The number of ether oxygens (including phenoxy) is 1. The Kier molecular flexibility index (Phi) is 29.8. The first-order chi connectivity index (χ1) is 20.7. The Balaban J connectivity index is 2.02. The normalized spacial score (nSPS) is 17.1. The molecule has 0 spiro atoms. The molecule has 0 aromatic rings. The van der Waals surface area contributed by atoms with E-state index in [0.29, 0.717) is 5.73 Å². The molecule has 252 valence electrons. The molecule has 2 heteroatoms. The van der Waals surface area contributed by atoms with Crippen LogP contribution in [0.5, 0.6) is 0 Å². The summed E-state index contributed by atoms with van der Waals surface area (Å²) < 4.78 is 6.45. The van der Waals surface area contributed by atoms with E-state index in [-0.39, 0.29) is 0 Å². The molecule has 1 fully saturated rings. The highest BCUT2D eigenvalue weighted by Gasteiger charge is 2.37. The van der Waals surface area contributed by atoms with Gasteiger partial charge in [0, 0.05) is 12.3 Å². The third kappa shape index (κ3) is 24.5. The van der Waals surface area contributed by atoms with Crippen molar-refractivity contribution >= 4 is 8.07 Å². The molecule has 0 radical (unpaired) electrons. The van der Waals surface area contributed by atoms with Crippen molar-refractivity contribution in [1.82, 2.24) is 0 Å². The number of unbranched alkanes of at least 4 members (excludes halogenated alkanes) is 28. The van der Waals surface area contributed by atoms with Crippen molar-refractivity contribution in [3.63, 3.8) is 0 Å². The molecule has 2 atom stereocenters. The van der Waals surface area contributed by atoms with Crippen molar-refractivity contribution in [2.24, 2.45) is 0 Å². The summed E-state index contributed by atoms with van der Waals surface area (Å²) in [5.74, 6) is 0. The Bertz CT molecular complexity index is 516. The molecule has 1 saturated heterocycles. The fourth-order valence-electron chi connectivity index (χ4n) is 7.54. The average Bonchev–Trinajstić information content (AvgIpc) is 3.01. The van der Waals surface area contributed by atoms with Crippen LogP contribution >= 0.6 is 0 Å². The van der Waals surface area contributed by atoms with Crippen LogP contribution in [0.3, 0.4) is 0 Å². The maximum atomic E-state index is 6.45. The van der Waals surface area contributed by atoms with E-state index in [0.717, 1.165) is 6.61 Å². The quantitative estimate of drug-likeness (QED) is 0.0533. The van der Waals surface area contributed by atoms with Crippen molar-refractivity contribution in [3.8, 4) is 0 Å². The van der Waals surface area contributed by atoms with Gasteiger partial charge in [0.2, 0.25) is 0 Å². The Morgan fingerprint density at radius 1 is 0.405 bits per heavy atom. The van der Waals surface area contributed by atoms with E-state index in [2.05, 4.69) is 20.4 Å². The summed E-state index contributed by atoms with van der Waals surface area (Å²) in [6.07, 6.45) is 48.2. The molecule has 0 bridgehead atoms. The molecule has 2 unspecified atom stereocenters. The molecule has 0 amide bonds. The minimum absolute atomic E-state index is 0.671. The third-order valence-electron chi connectivity index (χ3n) is 10.7. The van der Waals surface area contributed by atoms with Gasteiger partial charge in [-0.3, -0.25) is 0 Å². The topological polar surface area (TPSA) is 9.23 Å². The van der Waals surface area contributed by atoms with Gasteiger partial charge in [0.15, 0.2) is 0 Å². The lowest BCUT2D eigenvalue weighted by molar-refractivity contribution is 0.0589. The van der Waals surface area contributed by atoms with Gasteiger partial charge in [0.05, 0.1) is 8.07 Å². The predicted octanol–water partition coefficient (Wildman–Crippen LogP) is 14.9. The zero-order chi connectivity index (χ0) is 30.2. The summed E-state index contributed by atoms with van der Waals surface area (Å²) in [5, 5.41) is 0. The first kappa shape index (κ1) is 40.2. The smallest absolute Gasteiger partial charge is 0.0846 e. The summed E-state index contributed by atoms with van der Waals surface area (Å²) in [6, 6.07) is 3.07. The van der Waals surface area contributed by atoms with Crippen LogP contribution in [0.4, 0.5) is 0 Å². The molecular weight excluding hydrogens is 525 g/mol. The maximum absolute atomic E-state index is 6.45. The molecule has 1 aliphatic heterocycles. The maximum Gasteiger partial charge on any atom is 0.0846 e. The van der Waals surface area contributed by atoms with Crippen LogP contribution < -0.4 is 0 Å². The van der Waals surface area contributed by atoms with Crippen molar-refractivity contribution in [2.75, 3.05) is 6.61 Å². The van der Waals surface area contributed by atoms with Crippen LogP contribution in [-0.2, 0) is 4.74 Å². The van der Waals surface area contributed by atoms with E-state index in [9.17, 15) is 0 Å². The van der Waals surface area contributed by atoms with E-state index in [1.54, 1.807) is 0 Å². The van der Waals surface area contributed by atoms with Gasteiger partial charge in [0.1, 0.15) is 0 Å². The molecular formula is C40H82OSi. The molecule has 1 rings (SSSR count). The predicted molar refractivity (Wildman–Crippen MR) is 195 cm³/mol. The molecule has 1 nitrogen and oxygen atoms in total. The Labute approximate surface area is 268 Å². The molecule has 0 aromatic heterocycles. The highest BCUT2D eigenvalue weighted by atomic mass is 28.3. The van der Waals surface area contributed by atoms with Crippen LogP contribution in [0.2, 0.25) is 18.6 Å². The Morgan fingerprint density at radius 2 is 0.690 bits per heavy atom. The standard InChI is InChI=1S/C40H82OSi/c1-4-6-8-10-12-14-16-18-20-21-23-25-27-29-31-35-39-42(3,40-36-32-33-37-41-40)38-34-30-28-26-24-22-19-17-15-13-11-9-7-5-2/h40H,4-39H2,1-3H3. The number of rotatable bonds is 33. The van der Waals surface area contributed by atoms with Gasteiger partial charge >= 0.3 is 0 Å². The zero-order valence-electron chi connectivity index (χ0n) is 29.9. The van der Waals surface area contributed by atoms with E-state index in [1.165, 1.54) is 224 Å². The second-order valence-electron chi connectivity index (χ2n) is 14.9. The largest absolute Gasteiger partial charge is 0.382 e. The van der Waals surface area contributed by atoms with Gasteiger partial charge in [0.25, 0.3) is 0 Å². The molecule has 0 aliphatic carbocycles. The summed E-state index contributed by atoms with van der Waals surface area (Å²) in [7, 11) is -1.28. The van der Waals surface area contributed by atoms with Crippen molar-refractivity contribution in [1.29, 1.82) is 0 Å². The van der Waals surface area contributed by atoms with Gasteiger partial charge in [-0.25, -0.2) is 0 Å². The molecule has 0 saturated carbocycles. The lowest BCUT2D eigenvalue weighted by Gasteiger charge is -2.38. The number of hydrogen-bond donors (Lipinski definition) is 0. The van der Waals surface area contributed by atoms with Gasteiger partial charge in [-0.2, -0.15) is 0 Å². The minimum Gasteiger partial charge on any atom is -0.382 e. The second-order valence-corrected chi connectivity index (χ2v) is 19.9. The van der Waals surface area contributed by atoms with E-state index < -0.39 is 8.07 Å². The van der Waals surface area contributed by atoms with Crippen LogP contribution in [0.15, 0.2) is 0 Å². The average molecular weight is 607 g/mol. The Morgan fingerprint density at radius 3 is 0.952 bits per heavy atom. The first-order valence-electron chi connectivity index (χ1n) is 20.3. The van der Waals surface area contributed by atoms with Crippen LogP contribution in [0.1, 0.15) is 226 Å². The highest BCUT2D eigenvalue weighted by molar-refractivity contribution is 6.79. The zero-order valence-corrected chi connectivity index (χ0v) is 30.9. The van der Waals surface area contributed by atoms with E-state index in [4.69, 9.17) is 4.74 Å². The van der Waals surface area contributed by atoms with Crippen molar-refractivity contribution in [2.45, 2.75) is 250 Å². The highest BCUT2D eigenvalue weighted by Crippen LogP contribution is 2.33. The molecule has 1 aliphatic rings. The monoisotopic (exact) mass is 607 g/mol. The van der Waals surface area contributed by atoms with Gasteiger partial charge < -0.3 is 4.74 Å². The van der Waals surface area contributed by atoms with Crippen LogP contribution in [-0.4, -0.2) is 20.4 Å². The van der Waals surface area contributed by atoms with Crippen LogP contribution in [0, 0.1) is 0 Å². The van der Waals surface area contributed by atoms with Gasteiger partial charge in [-0.15, -0.1) is 0 Å². The fraction of sp³-hybridized carbons (Fsp3) is 1.00. The Hall–Kier alpha value is 0.177. The second kappa shape index (κ2) is 31.2. The lowest BCUT2D eigenvalue weighted by atomic mass is 10.0. The van der Waals surface area contributed by atoms with Crippen LogP contribution in [0.25, 0.3) is 0 Å². The number of hydrogen-bond acceptors (Lipinski definition) is 1.